The van der Waals surface area contributed by atoms with Gasteiger partial charge in [-0.15, -0.1) is 0 Å². The number of rotatable bonds is 11. The first kappa shape index (κ1) is 24.5. The molecule has 34 heavy (non-hydrogen) atoms. The van der Waals surface area contributed by atoms with Crippen LogP contribution in [-0.2, 0) is 22.7 Å². The molecule has 0 spiro atoms. The number of oxime groups is 1. The van der Waals surface area contributed by atoms with Gasteiger partial charge >= 0.3 is 0 Å². The first-order chi connectivity index (χ1) is 16.5. The average Bonchev–Trinajstić information content (AvgIpc) is 2.85. The molecule has 0 aromatic heterocycles. The Morgan fingerprint density at radius 3 is 2.32 bits per heavy atom. The maximum Gasteiger partial charge on any atom is 0.134 e. The van der Waals surface area contributed by atoms with Crippen molar-refractivity contribution in [2.45, 2.75) is 26.4 Å². The molecule has 3 rings (SSSR count). The molecule has 0 unspecified atom stereocenters. The van der Waals surface area contributed by atoms with Gasteiger partial charge in [0.2, 0.25) is 0 Å². The van der Waals surface area contributed by atoms with Crippen molar-refractivity contribution in [1.82, 2.24) is 0 Å². The molecule has 3 aromatic carbocycles. The monoisotopic (exact) mass is 460 g/mol. The minimum absolute atomic E-state index is 0.0311. The van der Waals surface area contributed by atoms with Gasteiger partial charge in [0, 0.05) is 18.1 Å². The highest BCUT2D eigenvalue weighted by Crippen LogP contribution is 2.20. The lowest BCUT2D eigenvalue weighted by atomic mass is 10.1. The number of hydrogen-bond donors (Lipinski definition) is 0. The van der Waals surface area contributed by atoms with Crippen molar-refractivity contribution in [2.24, 2.45) is 5.16 Å². The van der Waals surface area contributed by atoms with Gasteiger partial charge in [0.15, 0.2) is 0 Å². The Hall–Kier alpha value is -4.18. The van der Waals surface area contributed by atoms with Crippen LogP contribution in [0, 0.1) is 17.1 Å². The third-order valence-electron chi connectivity index (χ3n) is 5.02. The molecule has 0 radical (unpaired) electrons. The Balaban J connectivity index is 1.54. The first-order valence-electron chi connectivity index (χ1n) is 10.7. The van der Waals surface area contributed by atoms with Crippen molar-refractivity contribution >= 4 is 11.5 Å². The van der Waals surface area contributed by atoms with Gasteiger partial charge < -0.3 is 19.1 Å². The van der Waals surface area contributed by atoms with Crippen LogP contribution in [0.15, 0.2) is 71.9 Å². The topological polar surface area (TPSA) is 80.9 Å². The number of carbonyl (C=O) groups is 1. The molecule has 0 heterocycles. The van der Waals surface area contributed by atoms with Crippen molar-refractivity contribution in [1.29, 1.82) is 5.26 Å². The van der Waals surface area contributed by atoms with Crippen molar-refractivity contribution < 1.29 is 23.5 Å². The summed E-state index contributed by atoms with van der Waals surface area (Å²) >= 11 is 0. The zero-order valence-corrected chi connectivity index (χ0v) is 19.1. The molecule has 0 amide bonds. The Morgan fingerprint density at radius 1 is 1.00 bits per heavy atom. The number of nitrogens with zero attached hydrogens (tertiary/aromatic N) is 2. The maximum atomic E-state index is 14.2. The van der Waals surface area contributed by atoms with Crippen molar-refractivity contribution in [3.8, 4) is 17.6 Å². The van der Waals surface area contributed by atoms with Gasteiger partial charge in [-0.2, -0.15) is 5.26 Å². The third-order valence-corrected chi connectivity index (χ3v) is 5.02. The predicted molar refractivity (Wildman–Crippen MR) is 126 cm³/mol. The molecule has 0 aliphatic rings. The standard InChI is InChI=1S/C27H25FN2O4/c1-19(31)3-8-22-11-14-25(15-26(22)28)33-17-21-6-12-24(13-7-21)34-18-27(30-32-2)23-9-4-20(16-29)5-10-23/h4-7,9-15H,3,8,17-18H2,1-2H3. The van der Waals surface area contributed by atoms with Gasteiger partial charge in [0.1, 0.15) is 49.1 Å². The minimum atomic E-state index is -0.377. The number of benzene rings is 3. The molecule has 3 aromatic rings. The second-order valence-corrected chi connectivity index (χ2v) is 7.59. The average molecular weight is 461 g/mol. The normalized spacial score (nSPS) is 10.9. The van der Waals surface area contributed by atoms with E-state index in [4.69, 9.17) is 19.6 Å². The lowest BCUT2D eigenvalue weighted by molar-refractivity contribution is -0.116. The number of ether oxygens (including phenoxy) is 2. The molecule has 0 bridgehead atoms. The summed E-state index contributed by atoms with van der Waals surface area (Å²) in [5.74, 6) is 0.719. The van der Waals surface area contributed by atoms with Crippen molar-refractivity contribution in [2.75, 3.05) is 13.7 Å². The second kappa shape index (κ2) is 12.2. The number of hydrogen-bond acceptors (Lipinski definition) is 6. The molecule has 0 aliphatic heterocycles. The molecule has 0 atom stereocenters. The molecular weight excluding hydrogens is 435 g/mol. The van der Waals surface area contributed by atoms with Gasteiger partial charge in [-0.1, -0.05) is 35.5 Å². The van der Waals surface area contributed by atoms with Crippen LogP contribution in [0.1, 0.15) is 35.6 Å². The highest BCUT2D eigenvalue weighted by Gasteiger charge is 2.08. The summed E-state index contributed by atoms with van der Waals surface area (Å²) in [5.41, 5.74) is 3.34. The van der Waals surface area contributed by atoms with Crippen LogP contribution < -0.4 is 9.47 Å². The summed E-state index contributed by atoms with van der Waals surface area (Å²) in [7, 11) is 1.46. The summed E-state index contributed by atoms with van der Waals surface area (Å²) in [6.45, 7) is 1.95. The van der Waals surface area contributed by atoms with Gasteiger partial charge in [0.05, 0.1) is 11.6 Å². The molecule has 0 fully saturated rings. The molecule has 0 saturated carbocycles. The highest BCUT2D eigenvalue weighted by atomic mass is 19.1. The van der Waals surface area contributed by atoms with E-state index in [1.54, 1.807) is 36.4 Å². The number of aryl methyl sites for hydroxylation is 1. The van der Waals surface area contributed by atoms with E-state index in [-0.39, 0.29) is 24.8 Å². The number of nitriles is 1. The largest absolute Gasteiger partial charge is 0.489 e. The fraction of sp³-hybridized carbons (Fsp3) is 0.222. The van der Waals surface area contributed by atoms with E-state index < -0.39 is 0 Å². The minimum Gasteiger partial charge on any atom is -0.489 e. The lowest BCUT2D eigenvalue weighted by Crippen LogP contribution is -2.13. The molecule has 174 valence electrons. The quantitative estimate of drug-likeness (QED) is 0.289. The third kappa shape index (κ3) is 7.17. The van der Waals surface area contributed by atoms with Crippen LogP contribution in [-0.4, -0.2) is 25.2 Å². The second-order valence-electron chi connectivity index (χ2n) is 7.59. The summed E-state index contributed by atoms with van der Waals surface area (Å²) in [5, 5.41) is 13.0. The van der Waals surface area contributed by atoms with Gasteiger partial charge in [0.25, 0.3) is 0 Å². The number of carbonyl (C=O) groups excluding carboxylic acids is 1. The first-order valence-corrected chi connectivity index (χ1v) is 10.7. The summed E-state index contributed by atoms with van der Waals surface area (Å²) in [4.78, 5) is 16.0. The van der Waals surface area contributed by atoms with E-state index in [9.17, 15) is 9.18 Å². The number of halogens is 1. The smallest absolute Gasteiger partial charge is 0.134 e. The molecule has 0 aliphatic carbocycles. The van der Waals surface area contributed by atoms with E-state index in [2.05, 4.69) is 11.2 Å². The summed E-state index contributed by atoms with van der Waals surface area (Å²) < 4.78 is 25.7. The van der Waals surface area contributed by atoms with Crippen LogP contribution in [0.25, 0.3) is 0 Å². The Morgan fingerprint density at radius 2 is 1.71 bits per heavy atom. The fourth-order valence-electron chi connectivity index (χ4n) is 3.14. The van der Waals surface area contributed by atoms with Crippen LogP contribution in [0.4, 0.5) is 4.39 Å². The predicted octanol–water partition coefficient (Wildman–Crippen LogP) is 5.23. The number of Topliss-reactive ketones (excluding diaryl/α,β-unsaturated/α-hetero) is 1. The Labute approximate surface area is 198 Å². The van der Waals surface area contributed by atoms with Crippen LogP contribution in [0.3, 0.4) is 0 Å². The van der Waals surface area contributed by atoms with Crippen LogP contribution in [0.5, 0.6) is 11.5 Å². The van der Waals surface area contributed by atoms with E-state index in [1.807, 2.05) is 24.3 Å². The number of ketones is 1. The van der Waals surface area contributed by atoms with Gasteiger partial charge in [-0.25, -0.2) is 4.39 Å². The van der Waals surface area contributed by atoms with E-state index in [0.29, 0.717) is 41.2 Å². The Bertz CT molecular complexity index is 1180. The lowest BCUT2D eigenvalue weighted by Gasteiger charge is -2.11. The summed E-state index contributed by atoms with van der Waals surface area (Å²) in [6, 6.07) is 21.1. The Kier molecular flexibility index (Phi) is 8.75. The van der Waals surface area contributed by atoms with Gasteiger partial charge in [-0.05, 0) is 54.8 Å². The van der Waals surface area contributed by atoms with Gasteiger partial charge in [-0.3, -0.25) is 0 Å². The van der Waals surface area contributed by atoms with Crippen LogP contribution in [0.2, 0.25) is 0 Å². The zero-order valence-electron chi connectivity index (χ0n) is 19.1. The van der Waals surface area contributed by atoms with Crippen LogP contribution >= 0.6 is 0 Å². The molecular formula is C27H25FN2O4. The van der Waals surface area contributed by atoms with E-state index >= 15 is 0 Å². The van der Waals surface area contributed by atoms with Crippen molar-refractivity contribution in [3.05, 3.63) is 94.8 Å². The summed E-state index contributed by atoms with van der Waals surface area (Å²) in [6.07, 6.45) is 0.697. The SMILES string of the molecule is CON=C(COc1ccc(COc2ccc(CCC(C)=O)c(F)c2)cc1)c1ccc(C#N)cc1. The molecule has 7 heteroatoms. The molecule has 0 saturated heterocycles. The zero-order chi connectivity index (χ0) is 24.3. The van der Waals surface area contributed by atoms with Crippen molar-refractivity contribution in [3.63, 3.8) is 0 Å². The van der Waals surface area contributed by atoms with E-state index in [0.717, 1.165) is 11.1 Å². The molecule has 0 N–H and O–H groups in total. The molecule has 6 nitrogen and oxygen atoms in total. The van der Waals surface area contributed by atoms with E-state index in [1.165, 1.54) is 20.1 Å². The fourth-order valence-corrected chi connectivity index (χ4v) is 3.14. The maximum absolute atomic E-state index is 14.2. The highest BCUT2D eigenvalue weighted by molar-refractivity contribution is 6.01.